The maximum atomic E-state index is 12.8. The second kappa shape index (κ2) is 11.6. The van der Waals surface area contributed by atoms with E-state index in [4.69, 9.17) is 19.4 Å². The number of hydrogen-bond acceptors (Lipinski definition) is 6. The van der Waals surface area contributed by atoms with Gasteiger partial charge in [0.25, 0.3) is 0 Å². The van der Waals surface area contributed by atoms with Crippen molar-refractivity contribution in [1.29, 1.82) is 0 Å². The summed E-state index contributed by atoms with van der Waals surface area (Å²) in [5, 5.41) is 0. The molecule has 10 heteroatoms. The van der Waals surface area contributed by atoms with Crippen LogP contribution in [0.3, 0.4) is 0 Å². The first kappa shape index (κ1) is 31.0. The van der Waals surface area contributed by atoms with Gasteiger partial charge in [0.1, 0.15) is 22.9 Å². The summed E-state index contributed by atoms with van der Waals surface area (Å²) in [4.78, 5) is 45.7. The first-order valence-corrected chi connectivity index (χ1v) is 16.7. The van der Waals surface area contributed by atoms with Crippen molar-refractivity contribution in [2.24, 2.45) is 0 Å². The predicted octanol–water partition coefficient (Wildman–Crippen LogP) is 8.18. The number of amides is 2. The summed E-state index contributed by atoms with van der Waals surface area (Å²) in [6.45, 7) is 12.7. The van der Waals surface area contributed by atoms with E-state index in [1.54, 1.807) is 9.80 Å². The highest BCUT2D eigenvalue weighted by Gasteiger charge is 2.36. The fourth-order valence-electron chi connectivity index (χ4n) is 7.03. The predicted molar refractivity (Wildman–Crippen MR) is 180 cm³/mol. The molecule has 4 aromatic rings. The van der Waals surface area contributed by atoms with Crippen molar-refractivity contribution < 1.29 is 19.1 Å². The molecule has 0 radical (unpaired) electrons. The molecule has 2 aromatic carbocycles. The van der Waals surface area contributed by atoms with Crippen LogP contribution in [0.5, 0.6) is 0 Å². The summed E-state index contributed by atoms with van der Waals surface area (Å²) in [6.07, 6.45) is 7.54. The van der Waals surface area contributed by atoms with Gasteiger partial charge in [-0.15, -0.1) is 0 Å². The third-order valence-corrected chi connectivity index (χ3v) is 9.09. The van der Waals surface area contributed by atoms with Crippen LogP contribution >= 0.6 is 0 Å². The largest absolute Gasteiger partial charge is 0.444 e. The molecule has 0 saturated carbocycles. The lowest BCUT2D eigenvalue weighted by Crippen LogP contribution is -2.36. The smallest absolute Gasteiger partial charge is 0.410 e. The van der Waals surface area contributed by atoms with Gasteiger partial charge in [-0.05, 0) is 119 Å². The molecule has 1 unspecified atom stereocenters. The first-order valence-electron chi connectivity index (χ1n) is 16.7. The summed E-state index contributed by atoms with van der Waals surface area (Å²) in [5.41, 5.74) is 7.96. The topological polar surface area (TPSA) is 116 Å². The summed E-state index contributed by atoms with van der Waals surface area (Å²) in [5.74, 6) is 1.59. The van der Waals surface area contributed by atoms with Gasteiger partial charge in [0.2, 0.25) is 0 Å². The van der Waals surface area contributed by atoms with Crippen molar-refractivity contribution >= 4 is 12.2 Å². The van der Waals surface area contributed by atoms with Gasteiger partial charge in [0, 0.05) is 13.1 Å². The normalized spacial score (nSPS) is 19.2. The number of aromatic nitrogens is 4. The molecule has 7 rings (SSSR count). The third kappa shape index (κ3) is 6.25. The van der Waals surface area contributed by atoms with Crippen LogP contribution in [0.4, 0.5) is 9.59 Å². The van der Waals surface area contributed by atoms with Crippen LogP contribution in [0.2, 0.25) is 0 Å². The average molecular weight is 637 g/mol. The standard InChI is InChI=1S/C37H44N6O4/c1-36(2,3)46-34(44)42-15-7-9-30(42)32-38-20-28(40-32)22-11-13-26-24(17-22)19-25-18-23(12-14-27(25)26)29-21-39-33(41-29)31-10-8-16-43(31)35(45)47-37(4,5)6/h11-14,17-18,20-21,30-31H,7-10,15-16,19H2,1-6H3,(H,38,40)(H,39,41)/t30-,31?/m0/s1. The number of nitrogens with one attached hydrogen (secondary N) is 2. The molecule has 10 nitrogen and oxygen atoms in total. The summed E-state index contributed by atoms with van der Waals surface area (Å²) < 4.78 is 11.3. The Bertz CT molecular complexity index is 1690. The van der Waals surface area contributed by atoms with Gasteiger partial charge in [-0.25, -0.2) is 19.6 Å². The molecule has 2 saturated heterocycles. The number of hydrogen-bond donors (Lipinski definition) is 2. The van der Waals surface area contributed by atoms with Gasteiger partial charge in [-0.1, -0.05) is 24.3 Å². The number of imidazole rings is 2. The number of nitrogens with zero attached hydrogens (tertiary/aromatic N) is 4. The zero-order valence-corrected chi connectivity index (χ0v) is 28.1. The highest BCUT2D eigenvalue weighted by Crippen LogP contribution is 2.41. The summed E-state index contributed by atoms with van der Waals surface area (Å²) in [7, 11) is 0. The highest BCUT2D eigenvalue weighted by atomic mass is 16.6. The fraction of sp³-hybridized carbons (Fsp3) is 0.459. The van der Waals surface area contributed by atoms with E-state index in [9.17, 15) is 9.59 Å². The maximum absolute atomic E-state index is 12.8. The number of H-pyrrole nitrogens is 2. The maximum Gasteiger partial charge on any atom is 0.410 e. The Morgan fingerprint density at radius 1 is 0.702 bits per heavy atom. The van der Waals surface area contributed by atoms with Crippen molar-refractivity contribution in [1.82, 2.24) is 29.7 Å². The monoisotopic (exact) mass is 636 g/mol. The van der Waals surface area contributed by atoms with Crippen LogP contribution in [-0.4, -0.2) is 66.2 Å². The van der Waals surface area contributed by atoms with Crippen molar-refractivity contribution in [3.05, 3.63) is 71.6 Å². The van der Waals surface area contributed by atoms with E-state index in [0.29, 0.717) is 13.1 Å². The fourth-order valence-corrected chi connectivity index (χ4v) is 7.03. The minimum Gasteiger partial charge on any atom is -0.444 e. The SMILES string of the molecule is CC(C)(C)OC(=O)N1CCCC1c1ncc(-c2ccc3c(c2)Cc2cc(-c4cnc([C@@H]5CCCN5C(=O)OC(C)(C)C)[nH]4)ccc2-3)[nH]1. The van der Waals surface area contributed by atoms with Crippen LogP contribution < -0.4 is 0 Å². The van der Waals surface area contributed by atoms with Crippen LogP contribution in [0.15, 0.2) is 48.8 Å². The van der Waals surface area contributed by atoms with Gasteiger partial charge < -0.3 is 19.4 Å². The second-order valence-corrected chi connectivity index (χ2v) is 14.9. The Hall–Kier alpha value is -4.60. The molecular weight excluding hydrogens is 592 g/mol. The quantitative estimate of drug-likeness (QED) is 0.206. The molecule has 0 bridgehead atoms. The van der Waals surface area contributed by atoms with Crippen molar-refractivity contribution in [2.45, 2.75) is 96.9 Å². The molecule has 2 aromatic heterocycles. The molecule has 3 aliphatic rings. The minimum atomic E-state index is -0.538. The number of ether oxygens (including phenoxy) is 2. The van der Waals surface area contributed by atoms with E-state index in [1.165, 1.54) is 22.3 Å². The lowest BCUT2D eigenvalue weighted by Gasteiger charge is -2.27. The Balaban J connectivity index is 1.06. The zero-order chi connectivity index (χ0) is 33.1. The minimum absolute atomic E-state index is 0.118. The Labute approximate surface area is 275 Å². The molecule has 47 heavy (non-hydrogen) atoms. The van der Waals surface area contributed by atoms with Crippen LogP contribution in [-0.2, 0) is 15.9 Å². The van der Waals surface area contributed by atoms with Gasteiger partial charge in [-0.3, -0.25) is 9.80 Å². The van der Waals surface area contributed by atoms with E-state index in [-0.39, 0.29) is 24.3 Å². The lowest BCUT2D eigenvalue weighted by molar-refractivity contribution is 0.0208. The molecule has 1 aliphatic carbocycles. The number of aromatic amines is 2. The second-order valence-electron chi connectivity index (χ2n) is 14.9. The molecule has 2 fully saturated rings. The van der Waals surface area contributed by atoms with E-state index >= 15 is 0 Å². The van der Waals surface area contributed by atoms with Gasteiger partial charge in [0.05, 0.1) is 35.9 Å². The molecule has 0 spiro atoms. The van der Waals surface area contributed by atoms with Gasteiger partial charge in [-0.2, -0.15) is 0 Å². The van der Waals surface area contributed by atoms with E-state index < -0.39 is 11.2 Å². The first-order chi connectivity index (χ1) is 22.3. The molecule has 246 valence electrons. The van der Waals surface area contributed by atoms with Gasteiger partial charge in [0.15, 0.2) is 0 Å². The van der Waals surface area contributed by atoms with Crippen molar-refractivity contribution in [2.75, 3.05) is 13.1 Å². The number of fused-ring (bicyclic) bond motifs is 3. The average Bonchev–Trinajstić information content (AvgIpc) is 3.83. The number of benzene rings is 2. The van der Waals surface area contributed by atoms with Crippen molar-refractivity contribution in [3.8, 4) is 33.6 Å². The zero-order valence-electron chi connectivity index (χ0n) is 28.1. The van der Waals surface area contributed by atoms with E-state index in [0.717, 1.165) is 66.3 Å². The van der Waals surface area contributed by atoms with E-state index in [1.807, 2.05) is 53.9 Å². The lowest BCUT2D eigenvalue weighted by atomic mass is 10.0. The van der Waals surface area contributed by atoms with Crippen LogP contribution in [0.1, 0.15) is 102 Å². The molecule has 4 heterocycles. The molecule has 2 atom stereocenters. The highest BCUT2D eigenvalue weighted by molar-refractivity contribution is 5.82. The molecule has 2 N–H and O–H groups in total. The Kier molecular flexibility index (Phi) is 7.64. The van der Waals surface area contributed by atoms with Gasteiger partial charge >= 0.3 is 12.2 Å². The summed E-state index contributed by atoms with van der Waals surface area (Å²) in [6, 6.07) is 12.9. The third-order valence-electron chi connectivity index (χ3n) is 9.09. The van der Waals surface area contributed by atoms with Crippen LogP contribution in [0, 0.1) is 0 Å². The number of carbonyl (C=O) groups excluding carboxylic acids is 2. The number of likely N-dealkylation sites (tertiary alicyclic amines) is 2. The number of carbonyl (C=O) groups is 2. The Morgan fingerprint density at radius 2 is 1.13 bits per heavy atom. The van der Waals surface area contributed by atoms with Crippen LogP contribution in [0.25, 0.3) is 33.6 Å². The number of rotatable bonds is 4. The Morgan fingerprint density at radius 3 is 1.53 bits per heavy atom. The molecular formula is C37H44N6O4. The molecule has 2 aliphatic heterocycles. The van der Waals surface area contributed by atoms with E-state index in [2.05, 4.69) is 46.4 Å². The summed E-state index contributed by atoms with van der Waals surface area (Å²) >= 11 is 0. The molecule has 2 amide bonds. The van der Waals surface area contributed by atoms with Crippen molar-refractivity contribution in [3.63, 3.8) is 0 Å².